The molecule has 2 fully saturated rings. The number of fused-ring (bicyclic) bond motifs is 2. The molecule has 4 heteroatoms. The minimum atomic E-state index is 0. The smallest absolute Gasteiger partial charge is 0.148 e. The molecule has 2 heterocycles. The topological polar surface area (TPSA) is 32.3 Å². The normalized spacial score (nSPS) is 38.5. The van der Waals surface area contributed by atoms with Gasteiger partial charge in [-0.3, -0.25) is 9.69 Å². The van der Waals surface area contributed by atoms with E-state index in [-0.39, 0.29) is 12.4 Å². The Kier molecular flexibility index (Phi) is 3.67. The van der Waals surface area contributed by atoms with E-state index in [2.05, 4.69) is 22.4 Å². The van der Waals surface area contributed by atoms with Crippen LogP contribution in [0.15, 0.2) is 12.2 Å². The quantitative estimate of drug-likeness (QED) is 0.643. The third-order valence-corrected chi connectivity index (χ3v) is 4.01. The molecule has 0 radical (unpaired) electrons. The monoisotopic (exact) mass is 242 g/mol. The van der Waals surface area contributed by atoms with Gasteiger partial charge < -0.3 is 5.32 Å². The molecule has 0 aromatic carbocycles. The maximum atomic E-state index is 11.4. The number of carbonyl (C=O) groups is 1. The molecule has 3 atom stereocenters. The van der Waals surface area contributed by atoms with Gasteiger partial charge in [-0.1, -0.05) is 12.2 Å². The van der Waals surface area contributed by atoms with E-state index in [9.17, 15) is 4.79 Å². The molecule has 90 valence electrons. The molecule has 0 aromatic heterocycles. The number of nitrogens with zero attached hydrogens (tertiary/aromatic N) is 1. The highest BCUT2D eigenvalue weighted by atomic mass is 35.5. The molecule has 3 unspecified atom stereocenters. The molecular formula is C12H19ClN2O. The van der Waals surface area contributed by atoms with Crippen LogP contribution < -0.4 is 5.32 Å². The van der Waals surface area contributed by atoms with Gasteiger partial charge in [0.2, 0.25) is 0 Å². The Morgan fingerprint density at radius 3 is 3.00 bits per heavy atom. The van der Waals surface area contributed by atoms with Crippen LogP contribution >= 0.6 is 12.4 Å². The molecule has 0 spiro atoms. The van der Waals surface area contributed by atoms with E-state index in [1.54, 1.807) is 0 Å². The number of rotatable bonds is 0. The van der Waals surface area contributed by atoms with Crippen molar-refractivity contribution < 1.29 is 4.79 Å². The highest BCUT2D eigenvalue weighted by Gasteiger charge is 2.37. The van der Waals surface area contributed by atoms with Crippen molar-refractivity contribution in [2.45, 2.75) is 31.3 Å². The minimum absolute atomic E-state index is 0. The average Bonchev–Trinajstić information content (AvgIpc) is 2.49. The summed E-state index contributed by atoms with van der Waals surface area (Å²) in [5.74, 6) is 1.14. The Labute approximate surface area is 103 Å². The molecule has 3 rings (SSSR count). The van der Waals surface area contributed by atoms with E-state index in [1.807, 2.05) is 0 Å². The number of halogens is 1. The highest BCUT2D eigenvalue weighted by molar-refractivity contribution is 5.85. The molecule has 0 bridgehead atoms. The molecular weight excluding hydrogens is 224 g/mol. The molecule has 0 amide bonds. The zero-order valence-electron chi connectivity index (χ0n) is 9.39. The summed E-state index contributed by atoms with van der Waals surface area (Å²) in [5.41, 5.74) is 0. The van der Waals surface area contributed by atoms with Crippen molar-refractivity contribution in [2.75, 3.05) is 19.6 Å². The van der Waals surface area contributed by atoms with Crippen molar-refractivity contribution >= 4 is 18.2 Å². The summed E-state index contributed by atoms with van der Waals surface area (Å²) in [5, 5.41) is 3.63. The molecule has 3 nitrogen and oxygen atoms in total. The van der Waals surface area contributed by atoms with E-state index < -0.39 is 0 Å². The summed E-state index contributed by atoms with van der Waals surface area (Å²) in [6, 6.07) is 1.12. The Bertz CT molecular complexity index is 305. The van der Waals surface area contributed by atoms with Crippen LogP contribution in [0.25, 0.3) is 0 Å². The van der Waals surface area contributed by atoms with Crippen LogP contribution in [-0.2, 0) is 4.79 Å². The first-order chi connectivity index (χ1) is 7.33. The van der Waals surface area contributed by atoms with Crippen LogP contribution in [-0.4, -0.2) is 42.4 Å². The lowest BCUT2D eigenvalue weighted by molar-refractivity contribution is -0.117. The van der Waals surface area contributed by atoms with Crippen molar-refractivity contribution in [3.8, 4) is 0 Å². The zero-order valence-corrected chi connectivity index (χ0v) is 10.2. The third-order valence-electron chi connectivity index (χ3n) is 4.01. The Morgan fingerprint density at radius 1 is 1.31 bits per heavy atom. The fourth-order valence-corrected chi connectivity index (χ4v) is 3.14. The fourth-order valence-electron chi connectivity index (χ4n) is 3.14. The van der Waals surface area contributed by atoms with Crippen molar-refractivity contribution in [3.63, 3.8) is 0 Å². The summed E-state index contributed by atoms with van der Waals surface area (Å²) >= 11 is 0. The lowest BCUT2D eigenvalue weighted by Crippen LogP contribution is -2.38. The van der Waals surface area contributed by atoms with Crippen molar-refractivity contribution in [3.05, 3.63) is 12.2 Å². The summed E-state index contributed by atoms with van der Waals surface area (Å²) in [4.78, 5) is 13.8. The Hall–Kier alpha value is -0.380. The van der Waals surface area contributed by atoms with Gasteiger partial charge >= 0.3 is 0 Å². The van der Waals surface area contributed by atoms with Crippen molar-refractivity contribution in [1.82, 2.24) is 10.2 Å². The second kappa shape index (κ2) is 4.86. The summed E-state index contributed by atoms with van der Waals surface area (Å²) in [6.07, 6.45) is 7.69. The molecule has 16 heavy (non-hydrogen) atoms. The van der Waals surface area contributed by atoms with Gasteiger partial charge in [0.15, 0.2) is 0 Å². The highest BCUT2D eigenvalue weighted by Crippen LogP contribution is 2.26. The van der Waals surface area contributed by atoms with Gasteiger partial charge in [-0.2, -0.15) is 0 Å². The number of Topliss-reactive ketones (excluding diaryl/α,β-unsaturated/α-hetero) is 1. The van der Waals surface area contributed by atoms with Crippen LogP contribution in [0.5, 0.6) is 0 Å². The van der Waals surface area contributed by atoms with E-state index in [0.29, 0.717) is 30.3 Å². The Morgan fingerprint density at radius 2 is 2.12 bits per heavy atom. The van der Waals surface area contributed by atoms with E-state index in [4.69, 9.17) is 0 Å². The molecule has 0 aromatic rings. The molecule has 1 N–H and O–H groups in total. The van der Waals surface area contributed by atoms with Gasteiger partial charge in [-0.15, -0.1) is 12.4 Å². The standard InChI is InChI=1S/C12H18N2O.ClH/c15-11-5-10-6-13-12-4-2-1-3-9(12)7-14(10)8-11;/h1-2,9-10,12-13H,3-8H2;1H. The van der Waals surface area contributed by atoms with Crippen LogP contribution in [0, 0.1) is 5.92 Å². The number of carbonyl (C=O) groups excluding carboxylic acids is 1. The molecule has 1 aliphatic carbocycles. The Balaban J connectivity index is 0.000000963. The predicted molar refractivity (Wildman–Crippen MR) is 65.9 cm³/mol. The second-order valence-corrected chi connectivity index (χ2v) is 5.04. The lowest BCUT2D eigenvalue weighted by Gasteiger charge is -2.28. The number of nitrogens with one attached hydrogen (secondary N) is 1. The van der Waals surface area contributed by atoms with Gasteiger partial charge in [0, 0.05) is 31.6 Å². The third kappa shape index (κ3) is 2.17. The SMILES string of the molecule is Cl.O=C1CC2CNC3CC=CCC3CN2C1. The first-order valence-electron chi connectivity index (χ1n) is 5.97. The van der Waals surface area contributed by atoms with Crippen LogP contribution in [0.2, 0.25) is 0 Å². The second-order valence-electron chi connectivity index (χ2n) is 5.04. The number of allylic oxidation sites excluding steroid dienone is 1. The zero-order chi connectivity index (χ0) is 10.3. The van der Waals surface area contributed by atoms with E-state index >= 15 is 0 Å². The van der Waals surface area contributed by atoms with Gasteiger partial charge in [-0.05, 0) is 18.8 Å². The lowest BCUT2D eigenvalue weighted by atomic mass is 9.89. The number of ketones is 1. The molecule has 2 aliphatic heterocycles. The van der Waals surface area contributed by atoms with E-state index in [1.165, 1.54) is 12.8 Å². The summed E-state index contributed by atoms with van der Waals surface area (Å²) < 4.78 is 0. The van der Waals surface area contributed by atoms with Crippen LogP contribution in [0.3, 0.4) is 0 Å². The van der Waals surface area contributed by atoms with Crippen molar-refractivity contribution in [2.24, 2.45) is 5.92 Å². The van der Waals surface area contributed by atoms with Gasteiger partial charge in [-0.25, -0.2) is 0 Å². The minimum Gasteiger partial charge on any atom is -0.312 e. The summed E-state index contributed by atoms with van der Waals surface area (Å²) in [6.45, 7) is 2.80. The van der Waals surface area contributed by atoms with Crippen molar-refractivity contribution in [1.29, 1.82) is 0 Å². The maximum absolute atomic E-state index is 11.4. The van der Waals surface area contributed by atoms with Gasteiger partial charge in [0.25, 0.3) is 0 Å². The molecule has 0 saturated carbocycles. The van der Waals surface area contributed by atoms with Crippen LogP contribution in [0.4, 0.5) is 0 Å². The first-order valence-corrected chi connectivity index (χ1v) is 5.97. The summed E-state index contributed by atoms with van der Waals surface area (Å²) in [7, 11) is 0. The van der Waals surface area contributed by atoms with Gasteiger partial charge in [0.05, 0.1) is 6.54 Å². The van der Waals surface area contributed by atoms with Crippen LogP contribution in [0.1, 0.15) is 19.3 Å². The average molecular weight is 243 g/mol. The molecule has 3 aliphatic rings. The largest absolute Gasteiger partial charge is 0.312 e. The number of hydrogen-bond donors (Lipinski definition) is 1. The number of hydrogen-bond acceptors (Lipinski definition) is 3. The first kappa shape index (κ1) is 12.1. The molecule has 2 saturated heterocycles. The van der Waals surface area contributed by atoms with E-state index in [0.717, 1.165) is 19.5 Å². The van der Waals surface area contributed by atoms with Gasteiger partial charge in [0.1, 0.15) is 5.78 Å². The maximum Gasteiger partial charge on any atom is 0.148 e. The predicted octanol–water partition coefficient (Wildman–Crippen LogP) is 0.990. The fraction of sp³-hybridized carbons (Fsp3) is 0.750.